The van der Waals surface area contributed by atoms with Gasteiger partial charge in [0.25, 0.3) is 0 Å². The van der Waals surface area contributed by atoms with Gasteiger partial charge >= 0.3 is 0 Å². The zero-order valence-electron chi connectivity index (χ0n) is 10.7. The Kier molecular flexibility index (Phi) is 3.02. The summed E-state index contributed by atoms with van der Waals surface area (Å²) in [5, 5.41) is 0. The largest absolute Gasteiger partial charge is 0.291 e. The Morgan fingerprint density at radius 1 is 1.10 bits per heavy atom. The highest BCUT2D eigenvalue weighted by Gasteiger charge is 2.10. The third kappa shape index (κ3) is 2.30. The fourth-order valence-corrected chi connectivity index (χ4v) is 2.01. The number of aryl methyl sites for hydroxylation is 1. The van der Waals surface area contributed by atoms with E-state index in [1.54, 1.807) is 29.4 Å². The van der Waals surface area contributed by atoms with Gasteiger partial charge in [0.2, 0.25) is 0 Å². The van der Waals surface area contributed by atoms with E-state index in [0.29, 0.717) is 11.5 Å². The maximum atomic E-state index is 13.8. The quantitative estimate of drug-likeness (QED) is 0.714. The first-order chi connectivity index (χ1) is 9.63. The van der Waals surface area contributed by atoms with E-state index < -0.39 is 11.6 Å². The van der Waals surface area contributed by atoms with Crippen molar-refractivity contribution in [3.8, 4) is 17.1 Å². The minimum Gasteiger partial charge on any atom is -0.291 e. The zero-order chi connectivity index (χ0) is 14.1. The molecule has 3 rings (SSSR count). The Bertz CT molecular complexity index is 752. The molecule has 0 fully saturated rings. The van der Waals surface area contributed by atoms with Crippen molar-refractivity contribution in [1.29, 1.82) is 0 Å². The molecular formula is C15H11F2N3. The minimum absolute atomic E-state index is 0.275. The number of nitrogens with zero attached hydrogens (tertiary/aromatic N) is 3. The van der Waals surface area contributed by atoms with Crippen LogP contribution in [-0.2, 0) is 0 Å². The molecule has 2 heterocycles. The number of rotatable bonds is 2. The Labute approximate surface area is 114 Å². The molecule has 5 heteroatoms. The van der Waals surface area contributed by atoms with Crippen LogP contribution in [-0.4, -0.2) is 14.5 Å². The maximum Gasteiger partial charge on any atom is 0.138 e. The summed E-state index contributed by atoms with van der Waals surface area (Å²) in [6.07, 6.45) is 5.02. The summed E-state index contributed by atoms with van der Waals surface area (Å²) in [6, 6.07) is 7.10. The molecule has 0 bridgehead atoms. The molecule has 0 radical (unpaired) electrons. The third-order valence-electron chi connectivity index (χ3n) is 2.93. The average molecular weight is 271 g/mol. The topological polar surface area (TPSA) is 30.7 Å². The number of pyridine rings is 1. The molecule has 0 aliphatic rings. The SMILES string of the molecule is Cc1cc(-c2ccc(F)cc2F)nc(-n2ccnc2)c1. The lowest BCUT2D eigenvalue weighted by atomic mass is 10.1. The predicted molar refractivity (Wildman–Crippen MR) is 71.4 cm³/mol. The summed E-state index contributed by atoms with van der Waals surface area (Å²) >= 11 is 0. The van der Waals surface area contributed by atoms with E-state index in [4.69, 9.17) is 0 Å². The molecule has 100 valence electrons. The lowest BCUT2D eigenvalue weighted by Gasteiger charge is -2.08. The molecule has 3 aromatic rings. The summed E-state index contributed by atoms with van der Waals surface area (Å²) in [7, 11) is 0. The molecule has 0 N–H and O–H groups in total. The lowest BCUT2D eigenvalue weighted by molar-refractivity contribution is 0.585. The molecule has 0 atom stereocenters. The van der Waals surface area contributed by atoms with E-state index in [9.17, 15) is 8.78 Å². The van der Waals surface area contributed by atoms with Gasteiger partial charge in [-0.1, -0.05) is 0 Å². The first-order valence-electron chi connectivity index (χ1n) is 6.06. The van der Waals surface area contributed by atoms with Crippen molar-refractivity contribution in [3.05, 3.63) is 66.3 Å². The second kappa shape index (κ2) is 4.85. The molecule has 0 amide bonds. The summed E-state index contributed by atoms with van der Waals surface area (Å²) in [6.45, 7) is 1.90. The average Bonchev–Trinajstić information content (AvgIpc) is 2.91. The van der Waals surface area contributed by atoms with Crippen LogP contribution < -0.4 is 0 Å². The number of hydrogen-bond acceptors (Lipinski definition) is 2. The van der Waals surface area contributed by atoms with Gasteiger partial charge in [-0.15, -0.1) is 0 Å². The second-order valence-electron chi connectivity index (χ2n) is 4.48. The van der Waals surface area contributed by atoms with Crippen LogP contribution in [0.15, 0.2) is 49.1 Å². The van der Waals surface area contributed by atoms with E-state index in [1.807, 2.05) is 13.0 Å². The summed E-state index contributed by atoms with van der Waals surface area (Å²) in [4.78, 5) is 8.36. The van der Waals surface area contributed by atoms with Gasteiger partial charge in [-0.05, 0) is 36.8 Å². The lowest BCUT2D eigenvalue weighted by Crippen LogP contribution is -1.98. The third-order valence-corrected chi connectivity index (χ3v) is 2.93. The van der Waals surface area contributed by atoms with Crippen LogP contribution in [0.3, 0.4) is 0 Å². The minimum atomic E-state index is -0.625. The van der Waals surface area contributed by atoms with Crippen LogP contribution in [0.25, 0.3) is 17.1 Å². The van der Waals surface area contributed by atoms with E-state index in [0.717, 1.165) is 11.6 Å². The van der Waals surface area contributed by atoms with Crippen LogP contribution in [0, 0.1) is 18.6 Å². The van der Waals surface area contributed by atoms with Gasteiger partial charge in [0.15, 0.2) is 0 Å². The predicted octanol–water partition coefficient (Wildman–Crippen LogP) is 3.52. The molecule has 1 aromatic carbocycles. The second-order valence-corrected chi connectivity index (χ2v) is 4.48. The first kappa shape index (κ1) is 12.5. The molecule has 0 unspecified atom stereocenters. The summed E-state index contributed by atoms with van der Waals surface area (Å²) < 4.78 is 28.5. The van der Waals surface area contributed by atoms with Crippen LogP contribution in [0.5, 0.6) is 0 Å². The zero-order valence-corrected chi connectivity index (χ0v) is 10.7. The van der Waals surface area contributed by atoms with Crippen LogP contribution in [0.2, 0.25) is 0 Å². The van der Waals surface area contributed by atoms with Crippen LogP contribution in [0.1, 0.15) is 5.56 Å². The van der Waals surface area contributed by atoms with Crippen molar-refractivity contribution >= 4 is 0 Å². The smallest absolute Gasteiger partial charge is 0.138 e. The van der Waals surface area contributed by atoms with E-state index in [1.165, 1.54) is 12.1 Å². The van der Waals surface area contributed by atoms with Crippen molar-refractivity contribution < 1.29 is 8.78 Å². The highest BCUT2D eigenvalue weighted by molar-refractivity contribution is 5.62. The molecule has 0 aliphatic heterocycles. The molecule has 0 saturated heterocycles. The maximum absolute atomic E-state index is 13.8. The van der Waals surface area contributed by atoms with Gasteiger partial charge < -0.3 is 0 Å². The molecule has 0 spiro atoms. The summed E-state index contributed by atoms with van der Waals surface area (Å²) in [5.41, 5.74) is 1.67. The highest BCUT2D eigenvalue weighted by atomic mass is 19.1. The van der Waals surface area contributed by atoms with Crippen LogP contribution in [0.4, 0.5) is 8.78 Å². The Hall–Kier alpha value is -2.56. The van der Waals surface area contributed by atoms with Gasteiger partial charge in [-0.25, -0.2) is 18.7 Å². The fraction of sp³-hybridized carbons (Fsp3) is 0.0667. The Balaban J connectivity index is 2.14. The monoisotopic (exact) mass is 271 g/mol. The number of imidazole rings is 1. The number of aromatic nitrogens is 3. The van der Waals surface area contributed by atoms with Gasteiger partial charge in [0.1, 0.15) is 23.8 Å². The van der Waals surface area contributed by atoms with Gasteiger partial charge in [0, 0.05) is 24.0 Å². The molecule has 3 nitrogen and oxygen atoms in total. The highest BCUT2D eigenvalue weighted by Crippen LogP contribution is 2.24. The van der Waals surface area contributed by atoms with Crippen molar-refractivity contribution in [3.63, 3.8) is 0 Å². The fourth-order valence-electron chi connectivity index (χ4n) is 2.01. The van der Waals surface area contributed by atoms with Gasteiger partial charge in [-0.2, -0.15) is 0 Å². The van der Waals surface area contributed by atoms with Gasteiger partial charge in [-0.3, -0.25) is 4.57 Å². The molecular weight excluding hydrogens is 260 g/mol. The van der Waals surface area contributed by atoms with Crippen molar-refractivity contribution in [2.75, 3.05) is 0 Å². The molecule has 0 saturated carbocycles. The molecule has 20 heavy (non-hydrogen) atoms. The van der Waals surface area contributed by atoms with E-state index in [2.05, 4.69) is 9.97 Å². The van der Waals surface area contributed by atoms with Crippen molar-refractivity contribution in [2.45, 2.75) is 6.92 Å². The Morgan fingerprint density at radius 3 is 2.65 bits per heavy atom. The number of benzene rings is 1. The first-order valence-corrected chi connectivity index (χ1v) is 6.06. The molecule has 0 aliphatic carbocycles. The Morgan fingerprint density at radius 2 is 1.95 bits per heavy atom. The van der Waals surface area contributed by atoms with Gasteiger partial charge in [0.05, 0.1) is 5.69 Å². The standard InChI is InChI=1S/C15H11F2N3/c1-10-6-14(12-3-2-11(16)8-13(12)17)19-15(7-10)20-5-4-18-9-20/h2-9H,1H3. The van der Waals surface area contributed by atoms with E-state index in [-0.39, 0.29) is 5.56 Å². The van der Waals surface area contributed by atoms with Crippen LogP contribution >= 0.6 is 0 Å². The normalized spacial score (nSPS) is 10.8. The number of halogens is 2. The van der Waals surface area contributed by atoms with E-state index >= 15 is 0 Å². The van der Waals surface area contributed by atoms with Crippen molar-refractivity contribution in [1.82, 2.24) is 14.5 Å². The number of hydrogen-bond donors (Lipinski definition) is 0. The summed E-state index contributed by atoms with van der Waals surface area (Å²) in [5.74, 6) is -0.588. The van der Waals surface area contributed by atoms with Crippen molar-refractivity contribution in [2.24, 2.45) is 0 Å². The molecule has 2 aromatic heterocycles.